The van der Waals surface area contributed by atoms with E-state index < -0.39 is 34.1 Å². The van der Waals surface area contributed by atoms with Gasteiger partial charge in [-0.05, 0) is 101 Å². The standard InChI is InChI=1S/C30H35BrClN3O5S/c1-6-40-26-15-13-25(14-16-26)35(41(38,39)27-17-9-23(31)10-18-27)20-28(36)34(19-22-7-11-24(32)12-8-22)21(2)29(37)33-30(3,4)5/h7-18,21H,6,19-20H2,1-5H3,(H,33,37). The normalized spacial score (nSPS) is 12.4. The third kappa shape index (κ3) is 8.95. The monoisotopic (exact) mass is 663 g/mol. The topological polar surface area (TPSA) is 96.0 Å². The summed E-state index contributed by atoms with van der Waals surface area (Å²) in [6.07, 6.45) is 0. The molecule has 0 bridgehead atoms. The van der Waals surface area contributed by atoms with E-state index in [4.69, 9.17) is 16.3 Å². The Bertz CT molecular complexity index is 1440. The summed E-state index contributed by atoms with van der Waals surface area (Å²) in [5.74, 6) is -0.338. The molecule has 0 fully saturated rings. The van der Waals surface area contributed by atoms with Gasteiger partial charge in [0.25, 0.3) is 10.0 Å². The van der Waals surface area contributed by atoms with Gasteiger partial charge in [-0.3, -0.25) is 13.9 Å². The molecule has 3 aromatic rings. The van der Waals surface area contributed by atoms with Crippen LogP contribution in [0.25, 0.3) is 0 Å². The number of hydrogen-bond acceptors (Lipinski definition) is 5. The number of benzene rings is 3. The van der Waals surface area contributed by atoms with Crippen LogP contribution in [0.2, 0.25) is 5.02 Å². The van der Waals surface area contributed by atoms with Crippen LogP contribution in [0.4, 0.5) is 5.69 Å². The molecule has 0 heterocycles. The number of carbonyl (C=O) groups is 2. The number of nitrogens with zero attached hydrogens (tertiary/aromatic N) is 2. The average molecular weight is 665 g/mol. The van der Waals surface area contributed by atoms with E-state index in [2.05, 4.69) is 21.2 Å². The highest BCUT2D eigenvalue weighted by Gasteiger charge is 2.33. The number of carbonyl (C=O) groups excluding carboxylic acids is 2. The van der Waals surface area contributed by atoms with E-state index in [1.54, 1.807) is 67.6 Å². The lowest BCUT2D eigenvalue weighted by atomic mass is 10.1. The minimum atomic E-state index is -4.17. The molecular formula is C30H35BrClN3O5S. The molecule has 2 amide bonds. The van der Waals surface area contributed by atoms with Gasteiger partial charge in [-0.25, -0.2) is 8.42 Å². The molecule has 220 valence electrons. The molecule has 0 aliphatic rings. The number of hydrogen-bond donors (Lipinski definition) is 1. The fourth-order valence-electron chi connectivity index (χ4n) is 3.98. The summed E-state index contributed by atoms with van der Waals surface area (Å²) in [5, 5.41) is 3.44. The summed E-state index contributed by atoms with van der Waals surface area (Å²) in [6, 6.07) is 18.7. The highest BCUT2D eigenvalue weighted by atomic mass is 79.9. The van der Waals surface area contributed by atoms with Crippen LogP contribution in [0.5, 0.6) is 5.75 Å². The molecule has 1 atom stereocenters. The smallest absolute Gasteiger partial charge is 0.264 e. The number of sulfonamides is 1. The first-order valence-electron chi connectivity index (χ1n) is 13.1. The molecule has 1 N–H and O–H groups in total. The predicted octanol–water partition coefficient (Wildman–Crippen LogP) is 6.03. The van der Waals surface area contributed by atoms with Crippen LogP contribution in [0.15, 0.2) is 82.2 Å². The lowest BCUT2D eigenvalue weighted by Crippen LogP contribution is -2.54. The van der Waals surface area contributed by atoms with Gasteiger partial charge in [0.1, 0.15) is 18.3 Å². The fourth-order valence-corrected chi connectivity index (χ4v) is 5.79. The van der Waals surface area contributed by atoms with Crippen molar-refractivity contribution in [2.75, 3.05) is 17.5 Å². The average Bonchev–Trinajstić information content (AvgIpc) is 2.91. The molecule has 3 rings (SSSR count). The van der Waals surface area contributed by atoms with Crippen LogP contribution < -0.4 is 14.4 Å². The van der Waals surface area contributed by atoms with Crippen LogP contribution in [0.3, 0.4) is 0 Å². The second kappa shape index (κ2) is 13.7. The molecule has 0 radical (unpaired) electrons. The summed E-state index contributed by atoms with van der Waals surface area (Å²) < 4.78 is 35.1. The number of halogens is 2. The van der Waals surface area contributed by atoms with Gasteiger partial charge in [0.15, 0.2) is 0 Å². The second-order valence-electron chi connectivity index (χ2n) is 10.5. The van der Waals surface area contributed by atoms with Crippen molar-refractivity contribution < 1.29 is 22.7 Å². The molecule has 8 nitrogen and oxygen atoms in total. The first-order chi connectivity index (χ1) is 19.2. The summed E-state index contributed by atoms with van der Waals surface area (Å²) >= 11 is 9.39. The Kier molecular flexibility index (Phi) is 10.9. The molecule has 0 aromatic heterocycles. The summed E-state index contributed by atoms with van der Waals surface area (Å²) in [6.45, 7) is 9.01. The number of anilines is 1. The zero-order valence-electron chi connectivity index (χ0n) is 23.7. The van der Waals surface area contributed by atoms with Crippen molar-refractivity contribution in [3.63, 3.8) is 0 Å². The molecule has 1 unspecified atom stereocenters. The molecule has 0 spiro atoms. The Hall–Kier alpha value is -3.08. The van der Waals surface area contributed by atoms with Crippen molar-refractivity contribution in [1.82, 2.24) is 10.2 Å². The van der Waals surface area contributed by atoms with Crippen LogP contribution >= 0.6 is 27.5 Å². The first-order valence-corrected chi connectivity index (χ1v) is 15.7. The Morgan fingerprint density at radius 3 is 2.10 bits per heavy atom. The van der Waals surface area contributed by atoms with Crippen LogP contribution in [0.1, 0.15) is 40.2 Å². The minimum absolute atomic E-state index is 0.0187. The zero-order valence-corrected chi connectivity index (χ0v) is 26.9. The van der Waals surface area contributed by atoms with Crippen LogP contribution in [0, 0.1) is 0 Å². The molecule has 11 heteroatoms. The molecule has 0 saturated carbocycles. The van der Waals surface area contributed by atoms with E-state index in [-0.39, 0.29) is 23.0 Å². The lowest BCUT2D eigenvalue weighted by molar-refractivity contribution is -0.140. The Balaban J connectivity index is 2.03. The van der Waals surface area contributed by atoms with E-state index in [1.165, 1.54) is 17.0 Å². The maximum atomic E-state index is 14.0. The van der Waals surface area contributed by atoms with Crippen molar-refractivity contribution in [3.05, 3.63) is 87.9 Å². The van der Waals surface area contributed by atoms with Gasteiger partial charge in [0.2, 0.25) is 11.8 Å². The van der Waals surface area contributed by atoms with Gasteiger partial charge in [0, 0.05) is 21.6 Å². The van der Waals surface area contributed by atoms with E-state index in [0.29, 0.717) is 21.9 Å². The maximum Gasteiger partial charge on any atom is 0.264 e. The minimum Gasteiger partial charge on any atom is -0.494 e. The van der Waals surface area contributed by atoms with Gasteiger partial charge in [-0.2, -0.15) is 0 Å². The van der Waals surface area contributed by atoms with Gasteiger partial charge in [0.05, 0.1) is 17.2 Å². The van der Waals surface area contributed by atoms with Crippen LogP contribution in [-0.4, -0.2) is 49.9 Å². The quantitative estimate of drug-likeness (QED) is 0.270. The summed E-state index contributed by atoms with van der Waals surface area (Å²) in [4.78, 5) is 28.6. The molecular weight excluding hydrogens is 630 g/mol. The van der Waals surface area contributed by atoms with Gasteiger partial charge >= 0.3 is 0 Å². The number of ether oxygens (including phenoxy) is 1. The third-order valence-electron chi connectivity index (χ3n) is 6.05. The van der Waals surface area contributed by atoms with Gasteiger partial charge in [-0.1, -0.05) is 39.7 Å². The molecule has 0 aliphatic carbocycles. The van der Waals surface area contributed by atoms with Crippen molar-refractivity contribution in [1.29, 1.82) is 0 Å². The maximum absolute atomic E-state index is 14.0. The second-order valence-corrected chi connectivity index (χ2v) is 13.7. The fraction of sp³-hybridized carbons (Fsp3) is 0.333. The van der Waals surface area contributed by atoms with Crippen molar-refractivity contribution in [3.8, 4) is 5.75 Å². The lowest BCUT2D eigenvalue weighted by Gasteiger charge is -2.33. The SMILES string of the molecule is CCOc1ccc(N(CC(=O)N(Cc2ccc(Cl)cc2)C(C)C(=O)NC(C)(C)C)S(=O)(=O)c2ccc(Br)cc2)cc1. The Labute approximate surface area is 255 Å². The molecule has 0 saturated heterocycles. The number of rotatable bonds is 11. The Morgan fingerprint density at radius 2 is 1.56 bits per heavy atom. The Morgan fingerprint density at radius 1 is 0.976 bits per heavy atom. The third-order valence-corrected chi connectivity index (χ3v) is 8.62. The first kappa shape index (κ1) is 32.4. The van der Waals surface area contributed by atoms with Gasteiger partial charge < -0.3 is 15.0 Å². The zero-order chi connectivity index (χ0) is 30.4. The molecule has 41 heavy (non-hydrogen) atoms. The highest BCUT2D eigenvalue weighted by Crippen LogP contribution is 2.27. The van der Waals surface area contributed by atoms with Crippen molar-refractivity contribution >= 4 is 55.1 Å². The van der Waals surface area contributed by atoms with Crippen molar-refractivity contribution in [2.45, 2.75) is 57.6 Å². The molecule has 0 aliphatic heterocycles. The molecule has 3 aromatic carbocycles. The predicted molar refractivity (Wildman–Crippen MR) is 166 cm³/mol. The van der Waals surface area contributed by atoms with Gasteiger partial charge in [-0.15, -0.1) is 0 Å². The number of nitrogens with one attached hydrogen (secondary N) is 1. The largest absolute Gasteiger partial charge is 0.494 e. The van der Waals surface area contributed by atoms with Crippen LogP contribution in [-0.2, 0) is 26.2 Å². The number of amides is 2. The van der Waals surface area contributed by atoms with E-state index in [0.717, 1.165) is 9.87 Å². The highest BCUT2D eigenvalue weighted by molar-refractivity contribution is 9.10. The van der Waals surface area contributed by atoms with E-state index in [1.807, 2.05) is 27.7 Å². The summed E-state index contributed by atoms with van der Waals surface area (Å²) in [5.41, 5.74) is 0.490. The van der Waals surface area contributed by atoms with E-state index in [9.17, 15) is 18.0 Å². The van der Waals surface area contributed by atoms with E-state index >= 15 is 0 Å². The van der Waals surface area contributed by atoms with Crippen molar-refractivity contribution in [2.24, 2.45) is 0 Å². The summed E-state index contributed by atoms with van der Waals surface area (Å²) in [7, 11) is -4.17.